The normalized spacial score (nSPS) is 18.8. The summed E-state index contributed by atoms with van der Waals surface area (Å²) in [4.78, 5) is 0. The molecule has 1 aliphatic carbocycles. The first kappa shape index (κ1) is 15.3. The predicted octanol–water partition coefficient (Wildman–Crippen LogP) is 5.93. The molecule has 0 fully saturated rings. The van der Waals surface area contributed by atoms with Crippen LogP contribution in [0.2, 0.25) is 0 Å². The lowest BCUT2D eigenvalue weighted by atomic mass is 9.62. The molecule has 0 heteroatoms. The van der Waals surface area contributed by atoms with Crippen LogP contribution in [0.1, 0.15) is 68.4 Å². The molecular formula is C22H28. The SMILES string of the molecule is Cc1cc2c(cc1Cc1ccccc1)C(C)(C)CCC2(C)C. The summed E-state index contributed by atoms with van der Waals surface area (Å²) in [6.07, 6.45) is 3.60. The third-order valence-corrected chi connectivity index (χ3v) is 5.55. The van der Waals surface area contributed by atoms with Crippen LogP contribution in [0.4, 0.5) is 0 Å². The fourth-order valence-corrected chi connectivity index (χ4v) is 3.77. The van der Waals surface area contributed by atoms with Crippen molar-refractivity contribution < 1.29 is 0 Å². The molecule has 0 amide bonds. The topological polar surface area (TPSA) is 0 Å². The Bertz CT molecular complexity index is 675. The molecule has 3 rings (SSSR count). The van der Waals surface area contributed by atoms with E-state index >= 15 is 0 Å². The van der Waals surface area contributed by atoms with Gasteiger partial charge in [0.2, 0.25) is 0 Å². The molecule has 0 N–H and O–H groups in total. The maximum absolute atomic E-state index is 2.50. The van der Waals surface area contributed by atoms with Gasteiger partial charge >= 0.3 is 0 Å². The van der Waals surface area contributed by atoms with Crippen LogP contribution in [0.15, 0.2) is 42.5 Å². The van der Waals surface area contributed by atoms with E-state index in [1.54, 1.807) is 11.1 Å². The van der Waals surface area contributed by atoms with Gasteiger partial charge < -0.3 is 0 Å². The van der Waals surface area contributed by atoms with E-state index in [1.807, 2.05) is 0 Å². The molecular weight excluding hydrogens is 264 g/mol. The molecule has 0 unspecified atom stereocenters. The molecule has 1 aliphatic rings. The molecule has 116 valence electrons. The molecule has 0 bridgehead atoms. The molecule has 0 aromatic heterocycles. The van der Waals surface area contributed by atoms with E-state index in [9.17, 15) is 0 Å². The second kappa shape index (κ2) is 5.26. The molecule has 0 aliphatic heterocycles. The molecule has 2 aromatic rings. The summed E-state index contributed by atoms with van der Waals surface area (Å²) < 4.78 is 0. The average molecular weight is 292 g/mol. The van der Waals surface area contributed by atoms with Crippen molar-refractivity contribution >= 4 is 0 Å². The Morgan fingerprint density at radius 2 is 1.36 bits per heavy atom. The van der Waals surface area contributed by atoms with Crippen molar-refractivity contribution in [2.24, 2.45) is 0 Å². The maximum Gasteiger partial charge on any atom is -0.00230 e. The lowest BCUT2D eigenvalue weighted by Crippen LogP contribution is -2.34. The fourth-order valence-electron chi connectivity index (χ4n) is 3.77. The standard InChI is InChI=1S/C22H28/c1-16-13-19-20(22(4,5)12-11-21(19,2)3)15-18(16)14-17-9-7-6-8-10-17/h6-10,13,15H,11-12,14H2,1-5H3. The minimum Gasteiger partial charge on any atom is -0.0622 e. The summed E-state index contributed by atoms with van der Waals surface area (Å²) >= 11 is 0. The number of hydrogen-bond acceptors (Lipinski definition) is 0. The number of benzene rings is 2. The molecule has 0 saturated carbocycles. The lowest BCUT2D eigenvalue weighted by molar-refractivity contribution is 0.331. The third-order valence-electron chi connectivity index (χ3n) is 5.55. The van der Waals surface area contributed by atoms with Crippen molar-refractivity contribution in [1.82, 2.24) is 0 Å². The summed E-state index contributed by atoms with van der Waals surface area (Å²) in [5.41, 5.74) is 8.06. The fraction of sp³-hybridized carbons (Fsp3) is 0.455. The van der Waals surface area contributed by atoms with Gasteiger partial charge in [0.05, 0.1) is 0 Å². The van der Waals surface area contributed by atoms with E-state index in [2.05, 4.69) is 77.1 Å². The monoisotopic (exact) mass is 292 g/mol. The van der Waals surface area contributed by atoms with Gasteiger partial charge in [0.1, 0.15) is 0 Å². The largest absolute Gasteiger partial charge is 0.0622 e. The molecule has 2 aromatic carbocycles. The van der Waals surface area contributed by atoms with E-state index in [0.29, 0.717) is 10.8 Å². The highest BCUT2D eigenvalue weighted by molar-refractivity contribution is 5.48. The molecule has 0 saturated heterocycles. The van der Waals surface area contributed by atoms with Crippen molar-refractivity contribution in [3.63, 3.8) is 0 Å². The van der Waals surface area contributed by atoms with E-state index in [-0.39, 0.29) is 0 Å². The first-order chi connectivity index (χ1) is 10.3. The smallest absolute Gasteiger partial charge is 0.00230 e. The van der Waals surface area contributed by atoms with Crippen LogP contribution in [0, 0.1) is 6.92 Å². The Hall–Kier alpha value is -1.56. The van der Waals surface area contributed by atoms with Crippen molar-refractivity contribution in [2.45, 2.75) is 64.7 Å². The van der Waals surface area contributed by atoms with E-state index < -0.39 is 0 Å². The van der Waals surface area contributed by atoms with Crippen molar-refractivity contribution in [1.29, 1.82) is 0 Å². The summed E-state index contributed by atoms with van der Waals surface area (Å²) in [7, 11) is 0. The first-order valence-corrected chi connectivity index (χ1v) is 8.48. The van der Waals surface area contributed by atoms with Crippen LogP contribution in [0.5, 0.6) is 0 Å². The van der Waals surface area contributed by atoms with Gasteiger partial charge in [0.15, 0.2) is 0 Å². The van der Waals surface area contributed by atoms with Gasteiger partial charge in [-0.25, -0.2) is 0 Å². The molecule has 22 heavy (non-hydrogen) atoms. The Morgan fingerprint density at radius 1 is 0.818 bits per heavy atom. The van der Waals surface area contributed by atoms with Crippen LogP contribution in [0.25, 0.3) is 0 Å². The first-order valence-electron chi connectivity index (χ1n) is 8.48. The van der Waals surface area contributed by atoms with E-state index in [1.165, 1.54) is 29.5 Å². The zero-order valence-electron chi connectivity index (χ0n) is 14.7. The lowest BCUT2D eigenvalue weighted by Gasteiger charge is -2.42. The van der Waals surface area contributed by atoms with Gasteiger partial charge in [-0.3, -0.25) is 0 Å². The number of rotatable bonds is 2. The van der Waals surface area contributed by atoms with Gasteiger partial charge in [-0.2, -0.15) is 0 Å². The van der Waals surface area contributed by atoms with Gasteiger partial charge in [-0.05, 0) is 64.8 Å². The quantitative estimate of drug-likeness (QED) is 0.643. The maximum atomic E-state index is 2.50. The molecule has 0 spiro atoms. The van der Waals surface area contributed by atoms with Gasteiger partial charge in [0, 0.05) is 0 Å². The second-order valence-corrected chi connectivity index (χ2v) is 8.25. The number of hydrogen-bond donors (Lipinski definition) is 0. The second-order valence-electron chi connectivity index (χ2n) is 8.25. The van der Waals surface area contributed by atoms with Gasteiger partial charge in [-0.1, -0.05) is 70.2 Å². The number of fused-ring (bicyclic) bond motifs is 1. The number of aryl methyl sites for hydroxylation is 1. The third kappa shape index (κ3) is 2.72. The Balaban J connectivity index is 2.08. The van der Waals surface area contributed by atoms with Gasteiger partial charge in [-0.15, -0.1) is 0 Å². The van der Waals surface area contributed by atoms with Crippen LogP contribution in [0.3, 0.4) is 0 Å². The van der Waals surface area contributed by atoms with Crippen LogP contribution < -0.4 is 0 Å². The Kier molecular flexibility index (Phi) is 3.67. The highest BCUT2D eigenvalue weighted by Gasteiger charge is 2.37. The highest BCUT2D eigenvalue weighted by Crippen LogP contribution is 2.46. The molecule has 0 radical (unpaired) electrons. The molecule has 0 heterocycles. The van der Waals surface area contributed by atoms with Crippen molar-refractivity contribution in [3.05, 3.63) is 70.3 Å². The van der Waals surface area contributed by atoms with Crippen molar-refractivity contribution in [2.75, 3.05) is 0 Å². The summed E-state index contributed by atoms with van der Waals surface area (Å²) in [6, 6.07) is 15.8. The average Bonchev–Trinajstić information content (AvgIpc) is 2.47. The zero-order valence-corrected chi connectivity index (χ0v) is 14.7. The summed E-state index contributed by atoms with van der Waals surface area (Å²) in [5, 5.41) is 0. The van der Waals surface area contributed by atoms with Gasteiger partial charge in [0.25, 0.3) is 0 Å². The summed E-state index contributed by atoms with van der Waals surface area (Å²) in [5.74, 6) is 0. The highest BCUT2D eigenvalue weighted by atomic mass is 14.4. The minimum absolute atomic E-state index is 0.296. The zero-order chi connectivity index (χ0) is 16.0. The minimum atomic E-state index is 0.296. The molecule has 0 atom stereocenters. The Morgan fingerprint density at radius 3 is 1.95 bits per heavy atom. The van der Waals surface area contributed by atoms with Crippen molar-refractivity contribution in [3.8, 4) is 0 Å². The molecule has 0 nitrogen and oxygen atoms in total. The van der Waals surface area contributed by atoms with E-state index in [4.69, 9.17) is 0 Å². The Labute approximate surface area is 135 Å². The van der Waals surface area contributed by atoms with Crippen LogP contribution in [-0.4, -0.2) is 0 Å². The summed E-state index contributed by atoms with van der Waals surface area (Å²) in [6.45, 7) is 11.9. The predicted molar refractivity (Wildman–Crippen MR) is 95.7 cm³/mol. The van der Waals surface area contributed by atoms with E-state index in [0.717, 1.165) is 6.42 Å². The van der Waals surface area contributed by atoms with Crippen LogP contribution in [-0.2, 0) is 17.3 Å². The van der Waals surface area contributed by atoms with Crippen LogP contribution >= 0.6 is 0 Å².